The maximum atomic E-state index is 10.6. The van der Waals surface area contributed by atoms with Crippen LogP contribution in [0.15, 0.2) is 78.9 Å². The number of rotatable bonds is 6. The van der Waals surface area contributed by atoms with Crippen molar-refractivity contribution in [3.63, 3.8) is 0 Å². The lowest BCUT2D eigenvalue weighted by Crippen LogP contribution is -2.33. The first kappa shape index (κ1) is 18.3. The van der Waals surface area contributed by atoms with E-state index in [1.54, 1.807) is 6.07 Å². The van der Waals surface area contributed by atoms with Gasteiger partial charge in [-0.3, -0.25) is 5.43 Å². The van der Waals surface area contributed by atoms with E-state index < -0.39 is 0 Å². The second kappa shape index (κ2) is 8.33. The van der Waals surface area contributed by atoms with E-state index in [1.807, 2.05) is 72.8 Å². The first-order chi connectivity index (χ1) is 13.7. The molecule has 5 nitrogen and oxygen atoms in total. The van der Waals surface area contributed by atoms with E-state index in [2.05, 4.69) is 17.8 Å². The van der Waals surface area contributed by atoms with Crippen LogP contribution in [0.2, 0.25) is 0 Å². The predicted octanol–water partition coefficient (Wildman–Crippen LogP) is 3.96. The molecule has 28 heavy (non-hydrogen) atoms. The van der Waals surface area contributed by atoms with Crippen molar-refractivity contribution in [2.75, 3.05) is 0 Å². The van der Waals surface area contributed by atoms with Gasteiger partial charge in [-0.1, -0.05) is 48.5 Å². The van der Waals surface area contributed by atoms with E-state index in [-0.39, 0.29) is 23.9 Å². The second-order valence-corrected chi connectivity index (χ2v) is 6.95. The van der Waals surface area contributed by atoms with Crippen LogP contribution in [0.1, 0.15) is 24.1 Å². The molecule has 1 fully saturated rings. The Morgan fingerprint density at radius 3 is 2.29 bits per heavy atom. The summed E-state index contributed by atoms with van der Waals surface area (Å²) in [6.45, 7) is 2.51. The highest BCUT2D eigenvalue weighted by molar-refractivity contribution is 5.43. The molecular weight excluding hydrogens is 352 g/mol. The molecule has 0 radical (unpaired) electrons. The minimum Gasteiger partial charge on any atom is -0.507 e. The van der Waals surface area contributed by atoms with Crippen LogP contribution in [-0.4, -0.2) is 17.3 Å². The number of aromatic hydroxyl groups is 1. The molecule has 0 bridgehead atoms. The van der Waals surface area contributed by atoms with Crippen LogP contribution >= 0.6 is 0 Å². The van der Waals surface area contributed by atoms with Crippen LogP contribution in [0.4, 0.5) is 0 Å². The van der Waals surface area contributed by atoms with Crippen LogP contribution in [0.5, 0.6) is 17.2 Å². The molecule has 0 saturated carbocycles. The van der Waals surface area contributed by atoms with E-state index in [4.69, 9.17) is 9.47 Å². The Bertz CT molecular complexity index is 902. The standard InChI is InChI=1S/C23H24N2O3/c1-16-23(28-18-10-6-3-7-11-18)22(25-24-16)20-13-12-19(14-21(20)26)27-15-17-8-4-2-5-9-17/h2-14,16,22-26H,15H2,1H3. The second-order valence-electron chi connectivity index (χ2n) is 6.95. The molecule has 3 aromatic carbocycles. The van der Waals surface area contributed by atoms with Crippen LogP contribution < -0.4 is 20.3 Å². The highest BCUT2D eigenvalue weighted by atomic mass is 16.5. The van der Waals surface area contributed by atoms with E-state index in [1.165, 1.54) is 0 Å². The molecule has 0 amide bonds. The Hall–Kier alpha value is -3.02. The topological polar surface area (TPSA) is 62.8 Å². The molecule has 5 heteroatoms. The summed E-state index contributed by atoms with van der Waals surface area (Å²) in [7, 11) is 0. The third kappa shape index (κ3) is 4.11. The van der Waals surface area contributed by atoms with Gasteiger partial charge in [-0.25, -0.2) is 5.43 Å². The van der Waals surface area contributed by atoms with Crippen molar-refractivity contribution in [2.24, 2.45) is 0 Å². The molecule has 0 aliphatic carbocycles. The van der Waals surface area contributed by atoms with E-state index >= 15 is 0 Å². The fraction of sp³-hybridized carbons (Fsp3) is 0.217. The largest absolute Gasteiger partial charge is 0.507 e. The van der Waals surface area contributed by atoms with Crippen LogP contribution in [-0.2, 0) is 6.61 Å². The molecule has 3 unspecified atom stereocenters. The Labute approximate surface area is 164 Å². The molecule has 1 aliphatic heterocycles. The van der Waals surface area contributed by atoms with Crippen LogP contribution in [0, 0.1) is 0 Å². The monoisotopic (exact) mass is 376 g/mol. The van der Waals surface area contributed by atoms with Crippen LogP contribution in [0.3, 0.4) is 0 Å². The minimum absolute atomic E-state index is 0.0820. The van der Waals surface area contributed by atoms with Crippen molar-refractivity contribution in [2.45, 2.75) is 31.7 Å². The van der Waals surface area contributed by atoms with E-state index in [0.717, 1.165) is 16.9 Å². The zero-order chi connectivity index (χ0) is 19.3. The minimum atomic E-state index is -0.182. The first-order valence-corrected chi connectivity index (χ1v) is 9.43. The van der Waals surface area contributed by atoms with Gasteiger partial charge in [0.1, 0.15) is 30.0 Å². The summed E-state index contributed by atoms with van der Waals surface area (Å²) in [5.41, 5.74) is 8.29. The fourth-order valence-corrected chi connectivity index (χ4v) is 3.37. The molecular formula is C23H24N2O3. The molecule has 3 N–H and O–H groups in total. The van der Waals surface area contributed by atoms with Gasteiger partial charge in [0.05, 0.1) is 12.1 Å². The number of ether oxygens (including phenoxy) is 2. The number of hydrazine groups is 1. The van der Waals surface area contributed by atoms with Gasteiger partial charge in [0.15, 0.2) is 0 Å². The molecule has 0 spiro atoms. The Balaban J connectivity index is 1.48. The van der Waals surface area contributed by atoms with Gasteiger partial charge in [-0.15, -0.1) is 0 Å². The van der Waals surface area contributed by atoms with E-state index in [0.29, 0.717) is 12.4 Å². The first-order valence-electron chi connectivity index (χ1n) is 9.43. The number of hydrogen-bond donors (Lipinski definition) is 3. The van der Waals surface area contributed by atoms with E-state index in [9.17, 15) is 5.11 Å². The lowest BCUT2D eigenvalue weighted by Gasteiger charge is -2.23. The number of phenolic OH excluding ortho intramolecular Hbond substituents is 1. The van der Waals surface area contributed by atoms with Gasteiger partial charge in [-0.05, 0) is 36.8 Å². The summed E-state index contributed by atoms with van der Waals surface area (Å²) in [4.78, 5) is 0. The summed E-state index contributed by atoms with van der Waals surface area (Å²) in [5, 5.41) is 10.6. The van der Waals surface area contributed by atoms with Gasteiger partial charge in [0.25, 0.3) is 0 Å². The summed E-state index contributed by atoms with van der Waals surface area (Å²) in [6, 6.07) is 25.0. The number of hydrogen-bond acceptors (Lipinski definition) is 5. The van der Waals surface area contributed by atoms with Crippen molar-refractivity contribution < 1.29 is 14.6 Å². The van der Waals surface area contributed by atoms with Gasteiger partial charge in [-0.2, -0.15) is 0 Å². The van der Waals surface area contributed by atoms with Gasteiger partial charge >= 0.3 is 0 Å². The molecule has 1 saturated heterocycles. The molecule has 1 heterocycles. The molecule has 4 rings (SSSR count). The zero-order valence-corrected chi connectivity index (χ0v) is 15.7. The molecule has 3 atom stereocenters. The Kier molecular flexibility index (Phi) is 5.46. The summed E-state index contributed by atoms with van der Waals surface area (Å²) in [6.07, 6.45) is -0.163. The lowest BCUT2D eigenvalue weighted by atomic mass is 9.98. The van der Waals surface area contributed by atoms with Gasteiger partial charge in [0, 0.05) is 11.6 Å². The van der Waals surface area contributed by atoms with Crippen molar-refractivity contribution in [3.05, 3.63) is 90.0 Å². The molecule has 144 valence electrons. The predicted molar refractivity (Wildman–Crippen MR) is 108 cm³/mol. The van der Waals surface area contributed by atoms with Gasteiger partial charge < -0.3 is 14.6 Å². The van der Waals surface area contributed by atoms with Crippen molar-refractivity contribution >= 4 is 0 Å². The van der Waals surface area contributed by atoms with Crippen molar-refractivity contribution in [1.29, 1.82) is 0 Å². The third-order valence-corrected chi connectivity index (χ3v) is 4.89. The summed E-state index contributed by atoms with van der Waals surface area (Å²) in [5.74, 6) is 1.61. The quantitative estimate of drug-likeness (QED) is 0.608. The number of benzene rings is 3. The molecule has 1 aliphatic rings. The van der Waals surface area contributed by atoms with Crippen molar-refractivity contribution in [3.8, 4) is 17.2 Å². The highest BCUT2D eigenvalue weighted by Crippen LogP contribution is 2.34. The van der Waals surface area contributed by atoms with Gasteiger partial charge in [0.2, 0.25) is 0 Å². The van der Waals surface area contributed by atoms with Crippen molar-refractivity contribution in [1.82, 2.24) is 10.9 Å². The maximum absolute atomic E-state index is 10.6. The third-order valence-electron chi connectivity index (χ3n) is 4.89. The summed E-state index contributed by atoms with van der Waals surface area (Å²) >= 11 is 0. The SMILES string of the molecule is CC1NNC(c2ccc(OCc3ccccc3)cc2O)C1Oc1ccccc1. The lowest BCUT2D eigenvalue weighted by molar-refractivity contribution is 0.170. The maximum Gasteiger partial charge on any atom is 0.136 e. The smallest absolute Gasteiger partial charge is 0.136 e. The average Bonchev–Trinajstić information content (AvgIpc) is 3.08. The Morgan fingerprint density at radius 1 is 0.857 bits per heavy atom. The molecule has 0 aromatic heterocycles. The fourth-order valence-electron chi connectivity index (χ4n) is 3.37. The number of nitrogens with one attached hydrogen (secondary N) is 2. The normalized spacial score (nSPS) is 21.4. The summed E-state index contributed by atoms with van der Waals surface area (Å²) < 4.78 is 12.0. The number of phenols is 1. The molecule has 3 aromatic rings. The zero-order valence-electron chi connectivity index (χ0n) is 15.7. The Morgan fingerprint density at radius 2 is 1.57 bits per heavy atom. The average molecular weight is 376 g/mol. The van der Waals surface area contributed by atoms with Crippen LogP contribution in [0.25, 0.3) is 0 Å². The number of para-hydroxylation sites is 1. The highest BCUT2D eigenvalue weighted by Gasteiger charge is 2.37.